The Bertz CT molecular complexity index is 498. The van der Waals surface area contributed by atoms with Gasteiger partial charge in [0.1, 0.15) is 17.2 Å². The van der Waals surface area contributed by atoms with Crippen molar-refractivity contribution in [3.63, 3.8) is 0 Å². The standard InChI is InChI=1S/C13H14BrF2NOS/c1-13(2)7-17(3-4-19-13)12(18)11-9(15)5-8(14)6-10(11)16/h5-6H,3-4,7H2,1-2H3. The van der Waals surface area contributed by atoms with Crippen molar-refractivity contribution in [1.82, 2.24) is 4.90 Å². The van der Waals surface area contributed by atoms with E-state index < -0.39 is 23.1 Å². The molecule has 0 unspecified atom stereocenters. The first-order valence-corrected chi connectivity index (χ1v) is 7.66. The van der Waals surface area contributed by atoms with Gasteiger partial charge in [0.25, 0.3) is 5.91 Å². The summed E-state index contributed by atoms with van der Waals surface area (Å²) in [5, 5.41) is 0. The van der Waals surface area contributed by atoms with Crippen molar-refractivity contribution in [3.05, 3.63) is 33.8 Å². The molecule has 1 heterocycles. The van der Waals surface area contributed by atoms with E-state index in [0.717, 1.165) is 17.9 Å². The van der Waals surface area contributed by atoms with Crippen LogP contribution in [0.15, 0.2) is 16.6 Å². The van der Waals surface area contributed by atoms with E-state index in [1.807, 2.05) is 13.8 Å². The lowest BCUT2D eigenvalue weighted by Gasteiger charge is -2.37. The molecule has 1 aromatic carbocycles. The van der Waals surface area contributed by atoms with Gasteiger partial charge in [0.2, 0.25) is 0 Å². The van der Waals surface area contributed by atoms with E-state index >= 15 is 0 Å². The fraction of sp³-hybridized carbons (Fsp3) is 0.462. The number of nitrogens with zero attached hydrogens (tertiary/aromatic N) is 1. The molecule has 0 atom stereocenters. The third kappa shape index (κ3) is 3.28. The van der Waals surface area contributed by atoms with Gasteiger partial charge in [-0.3, -0.25) is 4.79 Å². The van der Waals surface area contributed by atoms with Crippen molar-refractivity contribution in [2.75, 3.05) is 18.8 Å². The molecule has 0 spiro atoms. The summed E-state index contributed by atoms with van der Waals surface area (Å²) in [6.45, 7) is 5.05. The van der Waals surface area contributed by atoms with Gasteiger partial charge in [0, 0.05) is 28.1 Å². The van der Waals surface area contributed by atoms with Crippen molar-refractivity contribution < 1.29 is 13.6 Å². The minimum Gasteiger partial charge on any atom is -0.336 e. The minimum atomic E-state index is -0.826. The molecule has 0 bridgehead atoms. The van der Waals surface area contributed by atoms with E-state index in [1.54, 1.807) is 11.8 Å². The molecular weight excluding hydrogens is 336 g/mol. The Kier molecular flexibility index (Phi) is 4.20. The molecule has 0 N–H and O–H groups in total. The molecule has 1 aliphatic rings. The fourth-order valence-corrected chi connectivity index (χ4v) is 3.61. The maximum Gasteiger partial charge on any atom is 0.259 e. The van der Waals surface area contributed by atoms with Crippen molar-refractivity contribution in [2.24, 2.45) is 0 Å². The summed E-state index contributed by atoms with van der Waals surface area (Å²) < 4.78 is 27.8. The average Bonchev–Trinajstić information content (AvgIpc) is 2.25. The van der Waals surface area contributed by atoms with Crippen LogP contribution < -0.4 is 0 Å². The maximum atomic E-state index is 13.8. The third-order valence-corrected chi connectivity index (χ3v) is 4.69. The van der Waals surface area contributed by atoms with E-state index in [-0.39, 0.29) is 9.22 Å². The van der Waals surface area contributed by atoms with Gasteiger partial charge in [-0.2, -0.15) is 11.8 Å². The van der Waals surface area contributed by atoms with Crippen molar-refractivity contribution in [1.29, 1.82) is 0 Å². The van der Waals surface area contributed by atoms with Gasteiger partial charge >= 0.3 is 0 Å². The van der Waals surface area contributed by atoms with Crippen LogP contribution in [0.25, 0.3) is 0 Å². The highest BCUT2D eigenvalue weighted by atomic mass is 79.9. The van der Waals surface area contributed by atoms with Gasteiger partial charge in [-0.05, 0) is 26.0 Å². The largest absolute Gasteiger partial charge is 0.336 e. The summed E-state index contributed by atoms with van der Waals surface area (Å²) in [5.41, 5.74) is -0.467. The summed E-state index contributed by atoms with van der Waals surface area (Å²) in [7, 11) is 0. The molecule has 2 nitrogen and oxygen atoms in total. The SMILES string of the molecule is CC1(C)CN(C(=O)c2c(F)cc(Br)cc2F)CCS1. The second-order valence-corrected chi connectivity index (χ2v) is 7.80. The topological polar surface area (TPSA) is 20.3 Å². The maximum absolute atomic E-state index is 13.8. The van der Waals surface area contributed by atoms with Crippen LogP contribution in [0.1, 0.15) is 24.2 Å². The van der Waals surface area contributed by atoms with Gasteiger partial charge in [-0.25, -0.2) is 8.78 Å². The molecular formula is C13H14BrF2NOS. The monoisotopic (exact) mass is 349 g/mol. The van der Waals surface area contributed by atoms with Crippen molar-refractivity contribution >= 4 is 33.6 Å². The van der Waals surface area contributed by atoms with E-state index in [4.69, 9.17) is 0 Å². The Hall–Kier alpha value is -0.620. The number of rotatable bonds is 1. The Morgan fingerprint density at radius 2 is 1.95 bits per heavy atom. The van der Waals surface area contributed by atoms with Crippen molar-refractivity contribution in [2.45, 2.75) is 18.6 Å². The summed E-state index contributed by atoms with van der Waals surface area (Å²) in [5.74, 6) is -1.45. The zero-order chi connectivity index (χ0) is 14.2. The van der Waals surface area contributed by atoms with Gasteiger partial charge < -0.3 is 4.90 Å². The first-order valence-electron chi connectivity index (χ1n) is 5.88. The molecule has 1 aliphatic heterocycles. The van der Waals surface area contributed by atoms with E-state index in [9.17, 15) is 13.6 Å². The molecule has 1 saturated heterocycles. The Balaban J connectivity index is 2.30. The highest BCUT2D eigenvalue weighted by Gasteiger charge is 2.32. The van der Waals surface area contributed by atoms with Gasteiger partial charge in [-0.15, -0.1) is 0 Å². The van der Waals surface area contributed by atoms with Crippen LogP contribution in [0.4, 0.5) is 8.78 Å². The predicted octanol–water partition coefficient (Wildman–Crippen LogP) is 3.69. The van der Waals surface area contributed by atoms with E-state index in [1.165, 1.54) is 4.90 Å². The Morgan fingerprint density at radius 3 is 2.47 bits per heavy atom. The van der Waals surface area contributed by atoms with Crippen LogP contribution in [-0.4, -0.2) is 34.4 Å². The summed E-state index contributed by atoms with van der Waals surface area (Å²) >= 11 is 4.76. The minimum absolute atomic E-state index is 0.0871. The number of amides is 1. The molecule has 0 aromatic heterocycles. The Morgan fingerprint density at radius 1 is 1.37 bits per heavy atom. The van der Waals surface area contributed by atoms with Crippen LogP contribution in [0, 0.1) is 11.6 Å². The number of hydrogen-bond donors (Lipinski definition) is 0. The zero-order valence-corrected chi connectivity index (χ0v) is 13.1. The number of thioether (sulfide) groups is 1. The second-order valence-electron chi connectivity index (χ2n) is 5.08. The van der Waals surface area contributed by atoms with Crippen LogP contribution in [-0.2, 0) is 0 Å². The molecule has 1 fully saturated rings. The summed E-state index contributed by atoms with van der Waals surface area (Å²) in [4.78, 5) is 13.8. The van der Waals surface area contributed by atoms with E-state index in [0.29, 0.717) is 13.1 Å². The molecule has 0 aliphatic carbocycles. The number of carbonyl (C=O) groups is 1. The first-order chi connectivity index (χ1) is 8.80. The lowest BCUT2D eigenvalue weighted by Crippen LogP contribution is -2.46. The Labute approximate surface area is 123 Å². The predicted molar refractivity (Wildman–Crippen MR) is 76.5 cm³/mol. The normalized spacial score (nSPS) is 18.5. The average molecular weight is 350 g/mol. The first kappa shape index (κ1) is 14.8. The van der Waals surface area contributed by atoms with E-state index in [2.05, 4.69) is 15.9 Å². The highest BCUT2D eigenvalue weighted by molar-refractivity contribution is 9.10. The molecule has 0 radical (unpaired) electrons. The van der Waals surface area contributed by atoms with Crippen molar-refractivity contribution in [3.8, 4) is 0 Å². The summed E-state index contributed by atoms with van der Waals surface area (Å²) in [6, 6.07) is 2.22. The number of carbonyl (C=O) groups excluding carboxylic acids is 1. The molecule has 0 saturated carbocycles. The lowest BCUT2D eigenvalue weighted by atomic mass is 10.1. The molecule has 19 heavy (non-hydrogen) atoms. The molecule has 104 valence electrons. The van der Waals surface area contributed by atoms with Gasteiger partial charge in [-0.1, -0.05) is 15.9 Å². The van der Waals surface area contributed by atoms with Crippen LogP contribution in [0.3, 0.4) is 0 Å². The van der Waals surface area contributed by atoms with Crippen LogP contribution >= 0.6 is 27.7 Å². The molecule has 1 aromatic rings. The molecule has 1 amide bonds. The fourth-order valence-electron chi connectivity index (χ4n) is 2.09. The highest BCUT2D eigenvalue weighted by Crippen LogP contribution is 2.31. The smallest absolute Gasteiger partial charge is 0.259 e. The third-order valence-electron chi connectivity index (χ3n) is 2.93. The van der Waals surface area contributed by atoms with Crippen LogP contribution in [0.5, 0.6) is 0 Å². The lowest BCUT2D eigenvalue weighted by molar-refractivity contribution is 0.0738. The number of benzene rings is 1. The molecule has 6 heteroatoms. The zero-order valence-electron chi connectivity index (χ0n) is 10.7. The quantitative estimate of drug-likeness (QED) is 0.770. The molecule has 2 rings (SSSR count). The van der Waals surface area contributed by atoms with Gasteiger partial charge in [0.15, 0.2) is 0 Å². The van der Waals surface area contributed by atoms with Crippen LogP contribution in [0.2, 0.25) is 0 Å². The summed E-state index contributed by atoms with van der Waals surface area (Å²) in [6.07, 6.45) is 0. The second kappa shape index (κ2) is 5.40. The number of hydrogen-bond acceptors (Lipinski definition) is 2. The van der Waals surface area contributed by atoms with Gasteiger partial charge in [0.05, 0.1) is 0 Å². The number of halogens is 3.